The van der Waals surface area contributed by atoms with Crippen LogP contribution in [0.4, 0.5) is 0 Å². The first-order chi connectivity index (χ1) is 13.3. The molecule has 2 atom stereocenters. The van der Waals surface area contributed by atoms with E-state index in [-0.39, 0.29) is 17.4 Å². The van der Waals surface area contributed by atoms with Crippen molar-refractivity contribution >= 4 is 11.9 Å². The lowest BCUT2D eigenvalue weighted by molar-refractivity contribution is -0.130. The first-order valence-corrected chi connectivity index (χ1v) is 9.95. The number of rotatable bonds is 4. The Labute approximate surface area is 167 Å². The number of esters is 1. The van der Waals surface area contributed by atoms with Gasteiger partial charge in [0.2, 0.25) is 0 Å². The van der Waals surface area contributed by atoms with Gasteiger partial charge in [-0.2, -0.15) is 0 Å². The molecule has 4 heteroatoms. The van der Waals surface area contributed by atoms with E-state index in [1.165, 1.54) is 11.1 Å². The molecule has 1 N–H and O–H groups in total. The highest BCUT2D eigenvalue weighted by Gasteiger charge is 2.25. The summed E-state index contributed by atoms with van der Waals surface area (Å²) in [6, 6.07) is 15.5. The maximum absolute atomic E-state index is 12.6. The van der Waals surface area contributed by atoms with Crippen LogP contribution < -0.4 is 5.32 Å². The molecule has 4 nitrogen and oxygen atoms in total. The van der Waals surface area contributed by atoms with Crippen molar-refractivity contribution in [3.63, 3.8) is 0 Å². The zero-order valence-corrected chi connectivity index (χ0v) is 17.1. The van der Waals surface area contributed by atoms with Gasteiger partial charge in [0, 0.05) is 0 Å². The summed E-state index contributed by atoms with van der Waals surface area (Å²) in [4.78, 5) is 25.0. The zero-order valence-electron chi connectivity index (χ0n) is 17.1. The summed E-state index contributed by atoms with van der Waals surface area (Å²) in [5.41, 5.74) is 4.06. The van der Waals surface area contributed by atoms with E-state index in [1.807, 2.05) is 24.3 Å². The molecular formula is C24H29NO3. The van der Waals surface area contributed by atoms with Gasteiger partial charge in [-0.25, -0.2) is 4.79 Å². The fourth-order valence-electron chi connectivity index (χ4n) is 3.58. The molecule has 0 heterocycles. The van der Waals surface area contributed by atoms with Crippen molar-refractivity contribution in [3.8, 4) is 0 Å². The van der Waals surface area contributed by atoms with Crippen molar-refractivity contribution in [1.29, 1.82) is 0 Å². The second-order valence-corrected chi connectivity index (χ2v) is 8.53. The molecule has 0 saturated heterocycles. The Balaban J connectivity index is 1.61. The minimum Gasteiger partial charge on any atom is -0.449 e. The molecule has 3 rings (SSSR count). The van der Waals surface area contributed by atoms with E-state index in [4.69, 9.17) is 4.74 Å². The molecule has 0 bridgehead atoms. The van der Waals surface area contributed by atoms with Crippen LogP contribution in [0, 0.1) is 0 Å². The molecule has 0 aliphatic heterocycles. The Hall–Kier alpha value is -2.62. The van der Waals surface area contributed by atoms with Gasteiger partial charge in [0.25, 0.3) is 5.91 Å². The van der Waals surface area contributed by atoms with Gasteiger partial charge in [0.05, 0.1) is 11.6 Å². The number of amides is 1. The van der Waals surface area contributed by atoms with Gasteiger partial charge in [0.15, 0.2) is 6.10 Å². The average molecular weight is 380 g/mol. The minimum absolute atomic E-state index is 0.0197. The predicted octanol–water partition coefficient (Wildman–Crippen LogP) is 4.72. The van der Waals surface area contributed by atoms with Gasteiger partial charge in [0.1, 0.15) is 0 Å². The fraction of sp³-hybridized carbons (Fsp3) is 0.417. The van der Waals surface area contributed by atoms with Crippen molar-refractivity contribution < 1.29 is 14.3 Å². The molecule has 1 aliphatic rings. The van der Waals surface area contributed by atoms with E-state index in [9.17, 15) is 9.59 Å². The number of hydrogen-bond acceptors (Lipinski definition) is 3. The van der Waals surface area contributed by atoms with Crippen LogP contribution in [0.1, 0.15) is 73.6 Å². The largest absolute Gasteiger partial charge is 0.449 e. The number of benzene rings is 2. The van der Waals surface area contributed by atoms with Crippen LogP contribution in [0.3, 0.4) is 0 Å². The van der Waals surface area contributed by atoms with Crippen LogP contribution in [-0.2, 0) is 21.4 Å². The normalized spacial score (nSPS) is 17.4. The molecular weight excluding hydrogens is 350 g/mol. The lowest BCUT2D eigenvalue weighted by atomic mass is 9.87. The van der Waals surface area contributed by atoms with Crippen LogP contribution in [0.15, 0.2) is 48.5 Å². The topological polar surface area (TPSA) is 55.4 Å². The third-order valence-corrected chi connectivity index (χ3v) is 5.33. The van der Waals surface area contributed by atoms with Gasteiger partial charge >= 0.3 is 5.97 Å². The van der Waals surface area contributed by atoms with Crippen LogP contribution in [0.2, 0.25) is 0 Å². The van der Waals surface area contributed by atoms with E-state index < -0.39 is 12.1 Å². The standard InChI is InChI=1S/C24H29NO3/c1-16(28-23(27)18-12-14-19(15-13-18)24(2,3)4)22(26)25-21-11-7-9-17-8-5-6-10-20(17)21/h5-6,8,10,12-16,21H,7,9,11H2,1-4H3,(H,25,26)/t16-,21+/m1/s1. The van der Waals surface area contributed by atoms with Gasteiger partial charge in [-0.1, -0.05) is 57.2 Å². The molecule has 1 amide bonds. The summed E-state index contributed by atoms with van der Waals surface area (Å²) < 4.78 is 5.40. The molecule has 148 valence electrons. The number of carbonyl (C=O) groups excluding carboxylic acids is 2. The van der Waals surface area contributed by atoms with Crippen molar-refractivity contribution in [1.82, 2.24) is 5.32 Å². The summed E-state index contributed by atoms with van der Waals surface area (Å²) in [7, 11) is 0. The lowest BCUT2D eigenvalue weighted by Gasteiger charge is -2.27. The maximum atomic E-state index is 12.6. The van der Waals surface area contributed by atoms with Crippen molar-refractivity contribution in [2.75, 3.05) is 0 Å². The molecule has 0 unspecified atom stereocenters. The first-order valence-electron chi connectivity index (χ1n) is 9.95. The molecule has 2 aromatic rings. The van der Waals surface area contributed by atoms with E-state index >= 15 is 0 Å². The number of nitrogens with one attached hydrogen (secondary N) is 1. The second kappa shape index (κ2) is 8.17. The van der Waals surface area contributed by atoms with E-state index in [2.05, 4.69) is 38.2 Å². The summed E-state index contributed by atoms with van der Waals surface area (Å²) in [5, 5.41) is 3.04. The number of aryl methyl sites for hydroxylation is 1. The highest BCUT2D eigenvalue weighted by molar-refractivity contribution is 5.92. The van der Waals surface area contributed by atoms with E-state index in [0.29, 0.717) is 5.56 Å². The molecule has 0 aromatic heterocycles. The number of hydrogen-bond donors (Lipinski definition) is 1. The van der Waals surface area contributed by atoms with Crippen LogP contribution >= 0.6 is 0 Å². The highest BCUT2D eigenvalue weighted by Crippen LogP contribution is 2.29. The minimum atomic E-state index is -0.844. The Bertz CT molecular complexity index is 849. The predicted molar refractivity (Wildman–Crippen MR) is 110 cm³/mol. The molecule has 0 saturated carbocycles. The zero-order chi connectivity index (χ0) is 20.3. The maximum Gasteiger partial charge on any atom is 0.338 e. The number of ether oxygens (including phenoxy) is 1. The van der Waals surface area contributed by atoms with Crippen molar-refractivity contribution in [2.24, 2.45) is 0 Å². The second-order valence-electron chi connectivity index (χ2n) is 8.53. The Morgan fingerprint density at radius 1 is 1.07 bits per heavy atom. The highest BCUT2D eigenvalue weighted by atomic mass is 16.5. The van der Waals surface area contributed by atoms with Crippen molar-refractivity contribution in [3.05, 3.63) is 70.8 Å². The van der Waals surface area contributed by atoms with Crippen molar-refractivity contribution in [2.45, 2.75) is 64.5 Å². The molecule has 1 aliphatic carbocycles. The van der Waals surface area contributed by atoms with Crippen LogP contribution in [0.25, 0.3) is 0 Å². The third-order valence-electron chi connectivity index (χ3n) is 5.33. The van der Waals surface area contributed by atoms with Gasteiger partial charge in [-0.15, -0.1) is 0 Å². The Kier molecular flexibility index (Phi) is 5.87. The van der Waals surface area contributed by atoms with Gasteiger partial charge in [-0.05, 0) is 60.4 Å². The number of fused-ring (bicyclic) bond motifs is 1. The molecule has 2 aromatic carbocycles. The molecule has 0 radical (unpaired) electrons. The number of carbonyl (C=O) groups is 2. The van der Waals surface area contributed by atoms with Gasteiger partial charge < -0.3 is 10.1 Å². The Morgan fingerprint density at radius 2 is 1.75 bits per heavy atom. The molecule has 0 spiro atoms. The monoisotopic (exact) mass is 379 g/mol. The third kappa shape index (κ3) is 4.61. The Morgan fingerprint density at radius 3 is 2.43 bits per heavy atom. The van der Waals surface area contributed by atoms with Crippen LogP contribution in [-0.4, -0.2) is 18.0 Å². The smallest absolute Gasteiger partial charge is 0.338 e. The van der Waals surface area contributed by atoms with Gasteiger partial charge in [-0.3, -0.25) is 4.79 Å². The quantitative estimate of drug-likeness (QED) is 0.782. The average Bonchev–Trinajstić information content (AvgIpc) is 2.67. The molecule has 0 fully saturated rings. The van der Waals surface area contributed by atoms with E-state index in [1.54, 1.807) is 19.1 Å². The van der Waals surface area contributed by atoms with Crippen LogP contribution in [0.5, 0.6) is 0 Å². The first kappa shape index (κ1) is 20.1. The summed E-state index contributed by atoms with van der Waals surface area (Å²) in [6.07, 6.45) is 2.13. The summed E-state index contributed by atoms with van der Waals surface area (Å²) in [5.74, 6) is -0.742. The SMILES string of the molecule is C[C@@H](OC(=O)c1ccc(C(C)(C)C)cc1)C(=O)N[C@H]1CCCc2ccccc21. The van der Waals surface area contributed by atoms with E-state index in [0.717, 1.165) is 24.8 Å². The summed E-state index contributed by atoms with van der Waals surface area (Å²) in [6.45, 7) is 7.98. The lowest BCUT2D eigenvalue weighted by Crippen LogP contribution is -2.39. The fourth-order valence-corrected chi connectivity index (χ4v) is 3.58. The summed E-state index contributed by atoms with van der Waals surface area (Å²) >= 11 is 0. The molecule has 28 heavy (non-hydrogen) atoms.